The van der Waals surface area contributed by atoms with Crippen LogP contribution >= 0.6 is 0 Å². The van der Waals surface area contributed by atoms with E-state index in [2.05, 4.69) is 21.9 Å². The predicted molar refractivity (Wildman–Crippen MR) is 80.3 cm³/mol. The highest BCUT2D eigenvalue weighted by Crippen LogP contribution is 2.09. The van der Waals surface area contributed by atoms with Gasteiger partial charge >= 0.3 is 5.56 Å². The molecule has 0 radical (unpaired) electrons. The molecule has 0 bridgehead atoms. The van der Waals surface area contributed by atoms with Crippen molar-refractivity contribution in [2.24, 2.45) is 0 Å². The summed E-state index contributed by atoms with van der Waals surface area (Å²) in [4.78, 5) is 29.6. The number of rotatable bonds is 7. The number of amides is 1. The van der Waals surface area contributed by atoms with E-state index in [1.807, 2.05) is 18.2 Å². The smallest absolute Gasteiger partial charge is 0.311 e. The third-order valence-corrected chi connectivity index (χ3v) is 2.86. The zero-order chi connectivity index (χ0) is 15.1. The Morgan fingerprint density at radius 2 is 2.19 bits per heavy atom. The Morgan fingerprint density at radius 3 is 3.00 bits per heavy atom. The van der Waals surface area contributed by atoms with Crippen LogP contribution in [0.4, 0.5) is 0 Å². The van der Waals surface area contributed by atoms with Gasteiger partial charge in [0, 0.05) is 6.54 Å². The topological polar surface area (TPSA) is 84.1 Å². The molecule has 2 aromatic rings. The number of carbonyl (C=O) groups excluding carboxylic acids is 1. The molecule has 2 N–H and O–H groups in total. The van der Waals surface area contributed by atoms with Crippen LogP contribution < -0.4 is 15.6 Å². The predicted octanol–water partition coefficient (Wildman–Crippen LogP) is 1.38. The van der Waals surface area contributed by atoms with Crippen LogP contribution in [0.5, 0.6) is 5.88 Å². The van der Waals surface area contributed by atoms with Crippen molar-refractivity contribution in [2.45, 2.75) is 12.8 Å². The van der Waals surface area contributed by atoms with Crippen LogP contribution in [0.3, 0.4) is 0 Å². The van der Waals surface area contributed by atoms with Crippen molar-refractivity contribution in [2.75, 3.05) is 13.2 Å². The molecule has 2 rings (SSSR count). The van der Waals surface area contributed by atoms with Gasteiger partial charge in [0.15, 0.2) is 0 Å². The molecule has 0 aliphatic heterocycles. The minimum absolute atomic E-state index is 0.0730. The lowest BCUT2D eigenvalue weighted by Crippen LogP contribution is -2.22. The van der Waals surface area contributed by atoms with E-state index in [0.29, 0.717) is 30.6 Å². The summed E-state index contributed by atoms with van der Waals surface area (Å²) in [5.41, 5.74) is 1.03. The molecule has 1 heterocycles. The summed E-state index contributed by atoms with van der Waals surface area (Å²) in [6.07, 6.45) is 2.70. The van der Waals surface area contributed by atoms with Crippen LogP contribution in [-0.2, 0) is 4.79 Å². The first-order valence-corrected chi connectivity index (χ1v) is 6.73. The van der Waals surface area contributed by atoms with E-state index < -0.39 is 0 Å². The second-order valence-electron chi connectivity index (χ2n) is 4.44. The zero-order valence-corrected chi connectivity index (χ0v) is 11.6. The van der Waals surface area contributed by atoms with Gasteiger partial charge in [-0.2, -0.15) is 0 Å². The van der Waals surface area contributed by atoms with Crippen molar-refractivity contribution in [1.82, 2.24) is 15.3 Å². The van der Waals surface area contributed by atoms with Gasteiger partial charge in [0.05, 0.1) is 17.6 Å². The standard InChI is InChI=1S/C15H17N3O3/c1-2-13(19)16-9-5-6-10-21-15-14(20)17-11-7-3-4-8-12(11)18-15/h2-4,7-8H,1,5-6,9-10H2,(H,16,19)(H,17,20). The monoisotopic (exact) mass is 287 g/mol. The number of H-pyrrole nitrogens is 1. The van der Waals surface area contributed by atoms with E-state index in [1.54, 1.807) is 6.07 Å². The summed E-state index contributed by atoms with van der Waals surface area (Å²) >= 11 is 0. The molecule has 0 fully saturated rings. The molecule has 0 aliphatic carbocycles. The number of carbonyl (C=O) groups is 1. The number of benzene rings is 1. The fourth-order valence-corrected chi connectivity index (χ4v) is 1.79. The van der Waals surface area contributed by atoms with Gasteiger partial charge in [0.25, 0.3) is 5.88 Å². The van der Waals surface area contributed by atoms with Gasteiger partial charge in [-0.05, 0) is 31.1 Å². The van der Waals surface area contributed by atoms with E-state index in [1.165, 1.54) is 6.08 Å². The minimum Gasteiger partial charge on any atom is -0.474 e. The Morgan fingerprint density at radius 1 is 1.38 bits per heavy atom. The number of aromatic nitrogens is 2. The van der Waals surface area contributed by atoms with Crippen molar-refractivity contribution in [1.29, 1.82) is 0 Å². The molecule has 6 nitrogen and oxygen atoms in total. The molecular weight excluding hydrogens is 270 g/mol. The van der Waals surface area contributed by atoms with Crippen molar-refractivity contribution < 1.29 is 9.53 Å². The Kier molecular flexibility index (Phi) is 5.09. The normalized spacial score (nSPS) is 10.3. The number of nitrogens with one attached hydrogen (secondary N) is 2. The van der Waals surface area contributed by atoms with Crippen molar-refractivity contribution in [3.8, 4) is 5.88 Å². The van der Waals surface area contributed by atoms with E-state index in [9.17, 15) is 9.59 Å². The second-order valence-corrected chi connectivity index (χ2v) is 4.44. The van der Waals surface area contributed by atoms with E-state index in [4.69, 9.17) is 4.74 Å². The Hall–Kier alpha value is -2.63. The molecule has 0 saturated carbocycles. The average molecular weight is 287 g/mol. The summed E-state index contributed by atoms with van der Waals surface area (Å²) in [6, 6.07) is 7.27. The number of hydrogen-bond donors (Lipinski definition) is 2. The largest absolute Gasteiger partial charge is 0.474 e. The van der Waals surface area contributed by atoms with Gasteiger partial charge < -0.3 is 15.0 Å². The molecule has 1 aromatic heterocycles. The first-order chi connectivity index (χ1) is 10.2. The molecule has 0 aliphatic rings. The van der Waals surface area contributed by atoms with E-state index in [0.717, 1.165) is 6.42 Å². The first kappa shape index (κ1) is 14.8. The summed E-state index contributed by atoms with van der Waals surface area (Å²) in [6.45, 7) is 4.29. The van der Waals surface area contributed by atoms with Crippen LogP contribution in [0.1, 0.15) is 12.8 Å². The third-order valence-electron chi connectivity index (χ3n) is 2.86. The summed E-state index contributed by atoms with van der Waals surface area (Å²) in [5, 5.41) is 2.67. The lowest BCUT2D eigenvalue weighted by molar-refractivity contribution is -0.116. The van der Waals surface area contributed by atoms with Crippen molar-refractivity contribution >= 4 is 16.9 Å². The van der Waals surface area contributed by atoms with Gasteiger partial charge in [-0.15, -0.1) is 0 Å². The molecule has 0 atom stereocenters. The number of ether oxygens (including phenoxy) is 1. The number of aromatic amines is 1. The molecular formula is C15H17N3O3. The summed E-state index contributed by atoms with van der Waals surface area (Å²) in [7, 11) is 0. The highest BCUT2D eigenvalue weighted by atomic mass is 16.5. The van der Waals surface area contributed by atoms with Gasteiger partial charge in [-0.1, -0.05) is 18.7 Å². The highest BCUT2D eigenvalue weighted by molar-refractivity contribution is 5.86. The molecule has 0 saturated heterocycles. The highest BCUT2D eigenvalue weighted by Gasteiger charge is 2.05. The summed E-state index contributed by atoms with van der Waals surface area (Å²) in [5.74, 6) is -0.118. The Labute approximate surface area is 121 Å². The first-order valence-electron chi connectivity index (χ1n) is 6.73. The maximum absolute atomic E-state index is 11.8. The molecule has 110 valence electrons. The minimum atomic E-state index is -0.339. The number of fused-ring (bicyclic) bond motifs is 1. The van der Waals surface area contributed by atoms with E-state index in [-0.39, 0.29) is 17.3 Å². The fourth-order valence-electron chi connectivity index (χ4n) is 1.79. The van der Waals surface area contributed by atoms with Crippen LogP contribution in [-0.4, -0.2) is 29.0 Å². The van der Waals surface area contributed by atoms with Gasteiger partial charge in [0.1, 0.15) is 0 Å². The number of nitrogens with zero attached hydrogens (tertiary/aromatic N) is 1. The molecule has 1 amide bonds. The maximum atomic E-state index is 11.8. The summed E-state index contributed by atoms with van der Waals surface area (Å²) < 4.78 is 5.39. The SMILES string of the molecule is C=CC(=O)NCCCCOc1nc2ccccc2[nH]c1=O. The molecule has 21 heavy (non-hydrogen) atoms. The quantitative estimate of drug-likeness (QED) is 0.595. The van der Waals surface area contributed by atoms with E-state index >= 15 is 0 Å². The zero-order valence-electron chi connectivity index (χ0n) is 11.6. The molecule has 0 spiro atoms. The van der Waals surface area contributed by atoms with Crippen LogP contribution in [0.25, 0.3) is 11.0 Å². The lowest BCUT2D eigenvalue weighted by atomic mass is 10.3. The Bertz CT molecular complexity index is 694. The van der Waals surface area contributed by atoms with Crippen LogP contribution in [0.15, 0.2) is 41.7 Å². The van der Waals surface area contributed by atoms with Crippen LogP contribution in [0, 0.1) is 0 Å². The van der Waals surface area contributed by atoms with Gasteiger partial charge in [-0.3, -0.25) is 9.59 Å². The maximum Gasteiger partial charge on any atom is 0.311 e. The number of para-hydroxylation sites is 2. The lowest BCUT2D eigenvalue weighted by Gasteiger charge is -2.06. The second kappa shape index (κ2) is 7.23. The fraction of sp³-hybridized carbons (Fsp3) is 0.267. The molecule has 0 unspecified atom stereocenters. The average Bonchev–Trinajstić information content (AvgIpc) is 2.50. The van der Waals surface area contributed by atoms with Gasteiger partial charge in [-0.25, -0.2) is 4.98 Å². The Balaban J connectivity index is 1.83. The number of hydrogen-bond acceptors (Lipinski definition) is 4. The number of unbranched alkanes of at least 4 members (excludes halogenated alkanes) is 1. The molecule has 6 heteroatoms. The van der Waals surface area contributed by atoms with Crippen LogP contribution in [0.2, 0.25) is 0 Å². The third kappa shape index (κ3) is 4.17. The molecule has 1 aromatic carbocycles. The van der Waals surface area contributed by atoms with Crippen molar-refractivity contribution in [3.63, 3.8) is 0 Å². The van der Waals surface area contributed by atoms with Crippen molar-refractivity contribution in [3.05, 3.63) is 47.3 Å². The van der Waals surface area contributed by atoms with Gasteiger partial charge in [0.2, 0.25) is 5.91 Å².